The Morgan fingerprint density at radius 1 is 1.00 bits per heavy atom. The number of non-ortho nitro benzene ring substituents is 1. The molecule has 0 saturated carbocycles. The SMILES string of the molecule is CCCCCCCCCCCC1=C(O)C(Nc2cccc([N+](=O)[O-])c2)=CC(=O)C1=O. The molecule has 0 saturated heterocycles. The first-order valence-corrected chi connectivity index (χ1v) is 10.7. The fraction of sp³-hybridized carbons (Fsp3) is 0.478. The average Bonchev–Trinajstić information content (AvgIpc) is 2.73. The quantitative estimate of drug-likeness (QED) is 0.139. The zero-order valence-corrected chi connectivity index (χ0v) is 17.5. The number of aliphatic hydroxyl groups excluding tert-OH is 1. The number of carbonyl (C=O) groups excluding carboxylic acids is 2. The van der Waals surface area contributed by atoms with Gasteiger partial charge in [0.1, 0.15) is 5.76 Å². The molecule has 1 aliphatic rings. The minimum atomic E-state index is -0.702. The third-order valence-corrected chi connectivity index (χ3v) is 5.18. The molecule has 0 heterocycles. The Labute approximate surface area is 177 Å². The van der Waals surface area contributed by atoms with E-state index < -0.39 is 16.5 Å². The number of unbranched alkanes of at least 4 members (excludes halogenated alkanes) is 8. The first-order chi connectivity index (χ1) is 14.4. The molecule has 0 amide bonds. The fourth-order valence-electron chi connectivity index (χ4n) is 3.48. The Morgan fingerprint density at radius 3 is 2.27 bits per heavy atom. The van der Waals surface area contributed by atoms with Gasteiger partial charge in [0.25, 0.3) is 5.69 Å². The zero-order valence-electron chi connectivity index (χ0n) is 17.5. The van der Waals surface area contributed by atoms with Crippen LogP contribution in [0.15, 0.2) is 47.4 Å². The van der Waals surface area contributed by atoms with Crippen molar-refractivity contribution in [1.82, 2.24) is 0 Å². The lowest BCUT2D eigenvalue weighted by Crippen LogP contribution is -2.24. The van der Waals surface area contributed by atoms with Crippen LogP contribution >= 0.6 is 0 Å². The van der Waals surface area contributed by atoms with Crippen molar-refractivity contribution in [2.24, 2.45) is 0 Å². The number of anilines is 1. The molecule has 0 atom stereocenters. The van der Waals surface area contributed by atoms with Crippen molar-refractivity contribution < 1.29 is 19.6 Å². The molecule has 1 aromatic rings. The number of nitrogens with zero attached hydrogens (tertiary/aromatic N) is 1. The molecule has 0 spiro atoms. The van der Waals surface area contributed by atoms with Crippen LogP contribution in [0, 0.1) is 10.1 Å². The second-order valence-corrected chi connectivity index (χ2v) is 7.59. The Morgan fingerprint density at radius 2 is 1.63 bits per heavy atom. The molecular formula is C23H30N2O5. The van der Waals surface area contributed by atoms with Gasteiger partial charge in [-0.3, -0.25) is 19.7 Å². The Hall–Kier alpha value is -2.96. The first-order valence-electron chi connectivity index (χ1n) is 10.7. The summed E-state index contributed by atoms with van der Waals surface area (Å²) in [6.45, 7) is 2.20. The van der Waals surface area contributed by atoms with E-state index in [9.17, 15) is 24.8 Å². The second-order valence-electron chi connectivity index (χ2n) is 7.59. The van der Waals surface area contributed by atoms with Crippen LogP contribution in [0.5, 0.6) is 0 Å². The number of hydrogen-bond donors (Lipinski definition) is 2. The van der Waals surface area contributed by atoms with Gasteiger partial charge in [0.2, 0.25) is 11.6 Å². The summed E-state index contributed by atoms with van der Waals surface area (Å²) in [6, 6.07) is 5.73. The van der Waals surface area contributed by atoms with Crippen LogP contribution in [0.1, 0.15) is 71.1 Å². The van der Waals surface area contributed by atoms with Gasteiger partial charge in [-0.25, -0.2) is 0 Å². The number of nitro benzene ring substituents is 1. The van der Waals surface area contributed by atoms with Crippen LogP contribution in [0.25, 0.3) is 0 Å². The number of Topliss-reactive ketones (excluding diaryl/α,β-unsaturated/α-hetero) is 1. The van der Waals surface area contributed by atoms with Crippen molar-refractivity contribution >= 4 is 22.9 Å². The van der Waals surface area contributed by atoms with E-state index in [-0.39, 0.29) is 22.7 Å². The maximum Gasteiger partial charge on any atom is 0.271 e. The molecule has 0 bridgehead atoms. The number of ketones is 2. The number of aliphatic hydroxyl groups is 1. The Balaban J connectivity index is 1.92. The highest BCUT2D eigenvalue weighted by Gasteiger charge is 2.28. The number of hydrogen-bond acceptors (Lipinski definition) is 6. The molecular weight excluding hydrogens is 384 g/mol. The van der Waals surface area contributed by atoms with Gasteiger partial charge in [0.15, 0.2) is 0 Å². The molecule has 0 unspecified atom stereocenters. The van der Waals surface area contributed by atoms with E-state index in [1.165, 1.54) is 50.3 Å². The fourth-order valence-corrected chi connectivity index (χ4v) is 3.48. The van der Waals surface area contributed by atoms with Crippen molar-refractivity contribution in [1.29, 1.82) is 0 Å². The summed E-state index contributed by atoms with van der Waals surface area (Å²) in [6.07, 6.45) is 11.5. The molecule has 162 valence electrons. The van der Waals surface area contributed by atoms with Gasteiger partial charge in [-0.1, -0.05) is 64.4 Å². The summed E-state index contributed by atoms with van der Waals surface area (Å²) in [4.78, 5) is 34.7. The standard InChI is InChI=1S/C23H30N2O5/c1-2-3-4-5-6-7-8-9-10-14-19-22(27)20(16-21(26)23(19)28)24-17-12-11-13-18(15-17)25(29)30/h11-13,15-16,24,27H,2-10,14H2,1H3. The van der Waals surface area contributed by atoms with E-state index in [4.69, 9.17) is 0 Å². The number of nitrogens with one attached hydrogen (secondary N) is 1. The van der Waals surface area contributed by atoms with Crippen LogP contribution in [-0.2, 0) is 9.59 Å². The van der Waals surface area contributed by atoms with Gasteiger partial charge in [-0.15, -0.1) is 0 Å². The highest BCUT2D eigenvalue weighted by Crippen LogP contribution is 2.27. The van der Waals surface area contributed by atoms with E-state index in [2.05, 4.69) is 12.2 Å². The largest absolute Gasteiger partial charge is 0.505 e. The molecule has 1 aliphatic carbocycles. The lowest BCUT2D eigenvalue weighted by atomic mass is 9.93. The van der Waals surface area contributed by atoms with Crippen molar-refractivity contribution in [3.63, 3.8) is 0 Å². The van der Waals surface area contributed by atoms with Gasteiger partial charge in [0, 0.05) is 29.5 Å². The van der Waals surface area contributed by atoms with Crippen LogP contribution in [0.2, 0.25) is 0 Å². The molecule has 0 radical (unpaired) electrons. The highest BCUT2D eigenvalue weighted by molar-refractivity contribution is 6.48. The van der Waals surface area contributed by atoms with E-state index in [0.29, 0.717) is 12.1 Å². The maximum atomic E-state index is 12.2. The summed E-state index contributed by atoms with van der Waals surface area (Å²) in [5.74, 6) is -1.64. The summed E-state index contributed by atoms with van der Waals surface area (Å²) < 4.78 is 0. The molecule has 2 N–H and O–H groups in total. The summed E-state index contributed by atoms with van der Waals surface area (Å²) in [7, 11) is 0. The third-order valence-electron chi connectivity index (χ3n) is 5.18. The normalized spacial score (nSPS) is 14.1. The summed E-state index contributed by atoms with van der Waals surface area (Å²) >= 11 is 0. The minimum absolute atomic E-state index is 0.0889. The molecule has 0 aromatic heterocycles. The van der Waals surface area contributed by atoms with E-state index in [1.54, 1.807) is 6.07 Å². The van der Waals surface area contributed by atoms with Crippen LogP contribution < -0.4 is 5.32 Å². The Kier molecular flexibility index (Phi) is 9.25. The third kappa shape index (κ3) is 6.83. The minimum Gasteiger partial charge on any atom is -0.505 e. The molecule has 7 nitrogen and oxygen atoms in total. The molecule has 1 aromatic carbocycles. The van der Waals surface area contributed by atoms with Crippen LogP contribution in [0.3, 0.4) is 0 Å². The first kappa shape index (κ1) is 23.3. The van der Waals surface area contributed by atoms with Crippen molar-refractivity contribution in [2.75, 3.05) is 5.32 Å². The number of benzene rings is 1. The van der Waals surface area contributed by atoms with E-state index >= 15 is 0 Å². The van der Waals surface area contributed by atoms with Gasteiger partial charge in [-0.05, 0) is 18.9 Å². The number of nitro groups is 1. The highest BCUT2D eigenvalue weighted by atomic mass is 16.6. The molecule has 30 heavy (non-hydrogen) atoms. The monoisotopic (exact) mass is 414 g/mol. The van der Waals surface area contributed by atoms with E-state index in [1.807, 2.05) is 0 Å². The zero-order chi connectivity index (χ0) is 21.9. The Bertz CT molecular complexity index is 842. The second kappa shape index (κ2) is 11.9. The predicted octanol–water partition coefficient (Wildman–Crippen LogP) is 5.78. The molecule has 2 rings (SSSR count). The predicted molar refractivity (Wildman–Crippen MR) is 116 cm³/mol. The molecule has 0 fully saturated rings. The van der Waals surface area contributed by atoms with Gasteiger partial charge < -0.3 is 10.4 Å². The van der Waals surface area contributed by atoms with Crippen molar-refractivity contribution in [3.8, 4) is 0 Å². The number of allylic oxidation sites excluding steroid dienone is 2. The maximum absolute atomic E-state index is 12.2. The van der Waals surface area contributed by atoms with Crippen LogP contribution in [-0.4, -0.2) is 21.6 Å². The van der Waals surface area contributed by atoms with E-state index in [0.717, 1.165) is 31.8 Å². The smallest absolute Gasteiger partial charge is 0.271 e. The van der Waals surface area contributed by atoms with Gasteiger partial charge in [0.05, 0.1) is 10.6 Å². The number of rotatable bonds is 13. The van der Waals surface area contributed by atoms with Gasteiger partial charge in [-0.2, -0.15) is 0 Å². The summed E-state index contributed by atoms with van der Waals surface area (Å²) in [5.41, 5.74) is 0.438. The lowest BCUT2D eigenvalue weighted by Gasteiger charge is -2.17. The summed E-state index contributed by atoms with van der Waals surface area (Å²) in [5, 5.41) is 24.3. The molecule has 7 heteroatoms. The topological polar surface area (TPSA) is 110 Å². The molecule has 0 aliphatic heterocycles. The van der Waals surface area contributed by atoms with Crippen molar-refractivity contribution in [3.05, 3.63) is 57.5 Å². The number of carbonyl (C=O) groups is 2. The van der Waals surface area contributed by atoms with Crippen LogP contribution in [0.4, 0.5) is 11.4 Å². The van der Waals surface area contributed by atoms with Gasteiger partial charge >= 0.3 is 0 Å². The average molecular weight is 415 g/mol. The lowest BCUT2D eigenvalue weighted by molar-refractivity contribution is -0.384. The van der Waals surface area contributed by atoms with Crippen molar-refractivity contribution in [2.45, 2.75) is 71.1 Å².